The number of ether oxygens (including phenoxy) is 1. The maximum atomic E-state index is 13.0. The van der Waals surface area contributed by atoms with Gasteiger partial charge in [-0.15, -0.1) is 0 Å². The minimum absolute atomic E-state index is 0.0731. The van der Waals surface area contributed by atoms with Crippen molar-refractivity contribution < 1.29 is 19.1 Å². The van der Waals surface area contributed by atoms with Crippen LogP contribution in [0.2, 0.25) is 0 Å². The predicted molar refractivity (Wildman–Crippen MR) is 163 cm³/mol. The Kier molecular flexibility index (Phi) is 14.7. The van der Waals surface area contributed by atoms with E-state index in [1.54, 1.807) is 0 Å². The second kappa shape index (κ2) is 16.6. The predicted octanol–water partition coefficient (Wildman–Crippen LogP) is 2.74. The molecule has 0 aromatic carbocycles. The van der Waals surface area contributed by atoms with E-state index in [0.29, 0.717) is 49.9 Å². The van der Waals surface area contributed by atoms with Crippen molar-refractivity contribution in [2.45, 2.75) is 113 Å². The SMILES string of the molecule is CC(C)C[C@H](NC1CCC(C)CC1CS)C(=O)OCC[C@H](N)C(=O)NC1CCC(C(N)=O)CC(S)C(S)C1. The highest BCUT2D eigenvalue weighted by atomic mass is 32.1. The number of rotatable bonds is 12. The Balaban J connectivity index is 1.85. The number of thiol groups is 3. The number of hydrogen-bond donors (Lipinski definition) is 7. The minimum Gasteiger partial charge on any atom is -0.464 e. The summed E-state index contributed by atoms with van der Waals surface area (Å²) in [6, 6.07) is -1.13. The molecule has 0 aromatic heterocycles. The first-order valence-electron chi connectivity index (χ1n) is 14.2. The molecule has 0 spiro atoms. The first kappa shape index (κ1) is 33.6. The molecule has 2 amide bonds. The molecule has 2 aliphatic rings. The van der Waals surface area contributed by atoms with Crippen LogP contribution in [0.5, 0.6) is 0 Å². The Morgan fingerprint density at radius 3 is 2.34 bits per heavy atom. The minimum atomic E-state index is -0.810. The summed E-state index contributed by atoms with van der Waals surface area (Å²) in [5.74, 6) is 1.01. The fourth-order valence-electron chi connectivity index (χ4n) is 5.63. The van der Waals surface area contributed by atoms with Crippen LogP contribution >= 0.6 is 37.9 Å². The second-order valence-electron chi connectivity index (χ2n) is 11.9. The normalized spacial score (nSPS) is 32.1. The second-order valence-corrected chi connectivity index (χ2v) is 13.6. The van der Waals surface area contributed by atoms with E-state index in [0.717, 1.165) is 25.0 Å². The number of nitrogens with one attached hydrogen (secondary N) is 2. The molecule has 2 rings (SSSR count). The molecule has 2 aliphatic carbocycles. The van der Waals surface area contributed by atoms with E-state index in [-0.39, 0.29) is 59.3 Å². The van der Waals surface area contributed by atoms with Gasteiger partial charge >= 0.3 is 5.97 Å². The molecule has 7 unspecified atom stereocenters. The molecular formula is C27H50N4O4S3. The number of carbonyl (C=O) groups excluding carboxylic acids is 3. The van der Waals surface area contributed by atoms with E-state index in [1.165, 1.54) is 0 Å². The number of amides is 2. The quantitative estimate of drug-likeness (QED) is 0.138. The van der Waals surface area contributed by atoms with Crippen molar-refractivity contribution in [2.24, 2.45) is 35.1 Å². The third kappa shape index (κ3) is 11.1. The molecule has 8 nitrogen and oxygen atoms in total. The van der Waals surface area contributed by atoms with E-state index in [2.05, 4.69) is 69.3 Å². The zero-order chi connectivity index (χ0) is 28.4. The van der Waals surface area contributed by atoms with Gasteiger partial charge in [-0.25, -0.2) is 0 Å². The average Bonchev–Trinajstić information content (AvgIpc) is 2.84. The molecule has 0 bridgehead atoms. The number of nitrogens with two attached hydrogens (primary N) is 2. The number of esters is 1. The Bertz CT molecular complexity index is 775. The molecule has 38 heavy (non-hydrogen) atoms. The summed E-state index contributed by atoms with van der Waals surface area (Å²) < 4.78 is 5.60. The Morgan fingerprint density at radius 2 is 1.71 bits per heavy atom. The lowest BCUT2D eigenvalue weighted by atomic mass is 9.79. The van der Waals surface area contributed by atoms with E-state index in [1.807, 2.05) is 0 Å². The Morgan fingerprint density at radius 1 is 1.03 bits per heavy atom. The van der Waals surface area contributed by atoms with Gasteiger partial charge in [-0.3, -0.25) is 14.4 Å². The van der Waals surface area contributed by atoms with Crippen LogP contribution in [0.25, 0.3) is 0 Å². The molecule has 0 heterocycles. The lowest BCUT2D eigenvalue weighted by molar-refractivity contribution is -0.147. The number of carbonyl (C=O) groups is 3. The molecule has 220 valence electrons. The van der Waals surface area contributed by atoms with Gasteiger partial charge in [0, 0.05) is 34.9 Å². The summed E-state index contributed by atoms with van der Waals surface area (Å²) in [6.45, 7) is 6.53. The van der Waals surface area contributed by atoms with Gasteiger partial charge in [0.05, 0.1) is 12.6 Å². The van der Waals surface area contributed by atoms with Crippen LogP contribution in [0.4, 0.5) is 0 Å². The summed E-state index contributed by atoms with van der Waals surface area (Å²) in [4.78, 5) is 37.6. The van der Waals surface area contributed by atoms with Gasteiger partial charge in [0.2, 0.25) is 11.8 Å². The van der Waals surface area contributed by atoms with Crippen molar-refractivity contribution in [3.05, 3.63) is 0 Å². The third-order valence-electron chi connectivity index (χ3n) is 8.00. The molecule has 2 fully saturated rings. The van der Waals surface area contributed by atoms with Crippen LogP contribution in [0.3, 0.4) is 0 Å². The highest BCUT2D eigenvalue weighted by molar-refractivity contribution is 7.85. The van der Waals surface area contributed by atoms with Crippen LogP contribution < -0.4 is 22.1 Å². The Hall–Kier alpha value is -0.620. The molecule has 9 atom stereocenters. The van der Waals surface area contributed by atoms with E-state index < -0.39 is 12.1 Å². The van der Waals surface area contributed by atoms with Crippen LogP contribution in [-0.4, -0.2) is 64.8 Å². The lowest BCUT2D eigenvalue weighted by Gasteiger charge is -2.37. The molecule has 11 heteroatoms. The molecule has 0 radical (unpaired) electrons. The largest absolute Gasteiger partial charge is 0.464 e. The fraction of sp³-hybridized carbons (Fsp3) is 0.889. The van der Waals surface area contributed by atoms with Crippen molar-refractivity contribution in [2.75, 3.05) is 12.4 Å². The zero-order valence-corrected chi connectivity index (χ0v) is 25.9. The monoisotopic (exact) mass is 590 g/mol. The van der Waals surface area contributed by atoms with Crippen molar-refractivity contribution >= 4 is 55.7 Å². The maximum absolute atomic E-state index is 13.0. The van der Waals surface area contributed by atoms with Gasteiger partial charge in [0.1, 0.15) is 6.04 Å². The van der Waals surface area contributed by atoms with Crippen molar-refractivity contribution in [3.63, 3.8) is 0 Å². The van der Waals surface area contributed by atoms with Gasteiger partial charge in [-0.2, -0.15) is 37.9 Å². The summed E-state index contributed by atoms with van der Waals surface area (Å²) in [5.41, 5.74) is 11.7. The van der Waals surface area contributed by atoms with Crippen LogP contribution in [0.15, 0.2) is 0 Å². The fourth-order valence-corrected chi connectivity index (χ4v) is 6.79. The zero-order valence-electron chi connectivity index (χ0n) is 23.2. The molecule has 0 aliphatic heterocycles. The third-order valence-corrected chi connectivity index (χ3v) is 9.85. The summed E-state index contributed by atoms with van der Waals surface area (Å²) in [7, 11) is 0. The first-order chi connectivity index (χ1) is 17.9. The lowest BCUT2D eigenvalue weighted by Crippen LogP contribution is -2.50. The van der Waals surface area contributed by atoms with Gasteiger partial charge in [0.25, 0.3) is 0 Å². The van der Waals surface area contributed by atoms with Crippen LogP contribution in [0.1, 0.15) is 78.6 Å². The maximum Gasteiger partial charge on any atom is 0.323 e. The van der Waals surface area contributed by atoms with Crippen molar-refractivity contribution in [3.8, 4) is 0 Å². The molecular weight excluding hydrogens is 541 g/mol. The van der Waals surface area contributed by atoms with E-state index in [9.17, 15) is 14.4 Å². The van der Waals surface area contributed by atoms with Crippen LogP contribution in [-0.2, 0) is 19.1 Å². The molecule has 2 saturated carbocycles. The summed E-state index contributed by atoms with van der Waals surface area (Å²) in [6.07, 6.45) is 6.61. The van der Waals surface area contributed by atoms with Crippen molar-refractivity contribution in [1.29, 1.82) is 0 Å². The molecule has 6 N–H and O–H groups in total. The van der Waals surface area contributed by atoms with Gasteiger partial charge in [0.15, 0.2) is 0 Å². The first-order valence-corrected chi connectivity index (χ1v) is 15.8. The average molecular weight is 591 g/mol. The molecule has 0 aromatic rings. The smallest absolute Gasteiger partial charge is 0.323 e. The van der Waals surface area contributed by atoms with Gasteiger partial charge < -0.3 is 26.8 Å². The van der Waals surface area contributed by atoms with Gasteiger partial charge in [-0.05, 0) is 74.9 Å². The molecule has 0 saturated heterocycles. The Labute approximate surface area is 245 Å². The highest BCUT2D eigenvalue weighted by Gasteiger charge is 2.33. The topological polar surface area (TPSA) is 137 Å². The number of primary amides is 1. The standard InChI is InChI=1S/C27H50N4O4S3/c1-15(2)10-22(31-21-7-4-16(3)11-18(21)14-36)27(34)35-9-8-20(28)26(33)30-19-6-5-17(25(29)32)12-23(37)24(38)13-19/h15-24,31,36-38H,4-14,28H2,1-3H3,(H2,29,32)(H,30,33)/t16?,17?,18?,19?,20-,21?,22-,23?,24?/m0/s1. The summed E-state index contributed by atoms with van der Waals surface area (Å²) in [5, 5.41) is 6.40. The summed E-state index contributed by atoms with van der Waals surface area (Å²) >= 11 is 13.7. The number of hydrogen-bond acceptors (Lipinski definition) is 9. The van der Waals surface area contributed by atoms with Crippen molar-refractivity contribution in [1.82, 2.24) is 10.6 Å². The van der Waals surface area contributed by atoms with E-state index >= 15 is 0 Å². The highest BCUT2D eigenvalue weighted by Crippen LogP contribution is 2.31. The van der Waals surface area contributed by atoms with Gasteiger partial charge in [-0.1, -0.05) is 20.8 Å². The van der Waals surface area contributed by atoms with Crippen LogP contribution in [0, 0.1) is 23.7 Å². The van der Waals surface area contributed by atoms with E-state index in [4.69, 9.17) is 16.2 Å².